The van der Waals surface area contributed by atoms with Gasteiger partial charge in [-0.2, -0.15) is 0 Å². The van der Waals surface area contributed by atoms with Crippen molar-refractivity contribution in [3.05, 3.63) is 63.8 Å². The van der Waals surface area contributed by atoms with Crippen molar-refractivity contribution in [1.82, 2.24) is 0 Å². The van der Waals surface area contributed by atoms with Gasteiger partial charge in [-0.15, -0.1) is 0 Å². The molecule has 0 unspecified atom stereocenters. The molecule has 0 saturated heterocycles. The molecule has 0 amide bonds. The third kappa shape index (κ3) is 1.03. The number of benzene rings is 2. The molecule has 0 bridgehead atoms. The molecule has 0 fully saturated rings. The second-order valence-electron chi connectivity index (χ2n) is 3.72. The Morgan fingerprint density at radius 1 is 1.12 bits per heavy atom. The van der Waals surface area contributed by atoms with Crippen LogP contribution >= 0.6 is 0 Å². The van der Waals surface area contributed by atoms with E-state index in [-0.39, 0.29) is 17.1 Å². The number of hydrogen-bond acceptors (Lipinski definition) is 2. The molecule has 0 radical (unpaired) electrons. The van der Waals surface area contributed by atoms with E-state index in [0.29, 0.717) is 5.56 Å². The predicted octanol–water partition coefficient (Wildman–Crippen LogP) is 2.36. The van der Waals surface area contributed by atoms with Gasteiger partial charge in [0, 0.05) is 16.0 Å². The fourth-order valence-corrected chi connectivity index (χ4v) is 1.88. The Morgan fingerprint density at radius 3 is 2.44 bits per heavy atom. The number of phenols is 1. The molecule has 1 aromatic carbocycles. The van der Waals surface area contributed by atoms with E-state index in [1.807, 2.05) is 0 Å². The van der Waals surface area contributed by atoms with Crippen LogP contribution in [-0.4, -0.2) is 10.9 Å². The van der Waals surface area contributed by atoms with Crippen molar-refractivity contribution in [1.29, 1.82) is 0 Å². The molecule has 0 aromatic heterocycles. The number of rotatable bonds is 2. The van der Waals surface area contributed by atoms with Crippen LogP contribution in [0.25, 0.3) is 0 Å². The first kappa shape index (κ1) is 9.09. The molecule has 2 aliphatic carbocycles. The van der Waals surface area contributed by atoms with Crippen molar-refractivity contribution in [2.75, 3.05) is 0 Å². The van der Waals surface area contributed by atoms with E-state index in [2.05, 4.69) is 0 Å². The lowest BCUT2D eigenvalue weighted by Gasteiger charge is -2.13. The van der Waals surface area contributed by atoms with E-state index in [9.17, 15) is 14.3 Å². The zero-order valence-corrected chi connectivity index (χ0v) is 8.20. The molecule has 3 heteroatoms. The highest BCUT2D eigenvalue weighted by Crippen LogP contribution is 2.32. The summed E-state index contributed by atoms with van der Waals surface area (Å²) in [6, 6.07) is 8.97. The van der Waals surface area contributed by atoms with Gasteiger partial charge in [0.1, 0.15) is 11.6 Å². The molecule has 0 heterocycles. The molecule has 2 aliphatic rings. The number of hydrogen-bond donors (Lipinski definition) is 1. The maximum atomic E-state index is 12.9. The average molecular weight is 214 g/mol. The van der Waals surface area contributed by atoms with E-state index >= 15 is 0 Å². The standard InChI is InChI=1S/C13H7FO2/c14-8-3-1-2-7(6-8)12(15)11-9-4-5-10(9)13(11)16/h1-6,16H. The largest absolute Gasteiger partial charge is 0.507 e. The SMILES string of the molecule is O=C(c1cccc(F)c1)c1c(O)c2ccc1=2. The Balaban J connectivity index is 2.08. The van der Waals surface area contributed by atoms with E-state index in [0.717, 1.165) is 10.4 Å². The van der Waals surface area contributed by atoms with E-state index in [1.165, 1.54) is 24.3 Å². The Kier molecular flexibility index (Phi) is 1.66. The first-order valence-corrected chi connectivity index (χ1v) is 4.85. The highest BCUT2D eigenvalue weighted by molar-refractivity contribution is 6.12. The topological polar surface area (TPSA) is 37.3 Å². The van der Waals surface area contributed by atoms with Gasteiger partial charge in [0.05, 0.1) is 5.56 Å². The zero-order valence-electron chi connectivity index (χ0n) is 8.20. The first-order chi connectivity index (χ1) is 7.68. The second-order valence-corrected chi connectivity index (χ2v) is 3.72. The van der Waals surface area contributed by atoms with Gasteiger partial charge in [0.15, 0.2) is 5.78 Å². The van der Waals surface area contributed by atoms with Gasteiger partial charge < -0.3 is 5.11 Å². The third-order valence-corrected chi connectivity index (χ3v) is 2.78. The molecular weight excluding hydrogens is 207 g/mol. The van der Waals surface area contributed by atoms with Crippen molar-refractivity contribution in [2.24, 2.45) is 0 Å². The lowest BCUT2D eigenvalue weighted by Crippen LogP contribution is -2.09. The quantitative estimate of drug-likeness (QED) is 0.665. The molecule has 1 N–H and O–H groups in total. The van der Waals surface area contributed by atoms with Crippen LogP contribution in [-0.2, 0) is 0 Å². The molecular formula is C13H7FO2. The normalized spacial score (nSPS) is 11.3. The fraction of sp³-hybridized carbons (Fsp3) is 0. The average Bonchev–Trinajstić information content (AvgIpc) is 2.23. The van der Waals surface area contributed by atoms with Gasteiger partial charge in [-0.3, -0.25) is 4.79 Å². The van der Waals surface area contributed by atoms with Crippen LogP contribution in [0.4, 0.5) is 4.39 Å². The molecule has 0 saturated carbocycles. The van der Waals surface area contributed by atoms with Gasteiger partial charge in [0.2, 0.25) is 0 Å². The highest BCUT2D eigenvalue weighted by atomic mass is 19.1. The summed E-state index contributed by atoms with van der Waals surface area (Å²) in [5.74, 6) is -0.768. The molecule has 16 heavy (non-hydrogen) atoms. The van der Waals surface area contributed by atoms with Crippen LogP contribution in [0.3, 0.4) is 0 Å². The zero-order chi connectivity index (χ0) is 11.3. The van der Waals surface area contributed by atoms with Crippen LogP contribution in [0, 0.1) is 16.3 Å². The van der Waals surface area contributed by atoms with Gasteiger partial charge >= 0.3 is 0 Å². The van der Waals surface area contributed by atoms with E-state index in [4.69, 9.17) is 0 Å². The smallest absolute Gasteiger partial charge is 0.197 e. The van der Waals surface area contributed by atoms with Crippen molar-refractivity contribution in [3.8, 4) is 5.75 Å². The number of halogens is 1. The molecule has 1 aromatic rings. The van der Waals surface area contributed by atoms with Crippen molar-refractivity contribution in [3.63, 3.8) is 0 Å². The molecule has 0 spiro atoms. The summed E-state index contributed by atoms with van der Waals surface area (Å²) in [6.45, 7) is 0. The highest BCUT2D eigenvalue weighted by Gasteiger charge is 2.23. The Labute approximate surface area is 90.3 Å². The summed E-state index contributed by atoms with van der Waals surface area (Å²) in [5, 5.41) is 11.0. The van der Waals surface area contributed by atoms with Crippen LogP contribution in [0.1, 0.15) is 15.9 Å². The number of carbonyl (C=O) groups is 1. The van der Waals surface area contributed by atoms with Crippen molar-refractivity contribution >= 4 is 5.78 Å². The van der Waals surface area contributed by atoms with E-state index in [1.54, 1.807) is 12.1 Å². The Hall–Kier alpha value is -2.16. The third-order valence-electron chi connectivity index (χ3n) is 2.78. The van der Waals surface area contributed by atoms with Gasteiger partial charge in [-0.05, 0) is 18.2 Å². The minimum Gasteiger partial charge on any atom is -0.507 e. The Morgan fingerprint density at radius 2 is 1.88 bits per heavy atom. The predicted molar refractivity (Wildman–Crippen MR) is 55.6 cm³/mol. The minimum atomic E-state index is -0.455. The van der Waals surface area contributed by atoms with Crippen LogP contribution in [0.2, 0.25) is 0 Å². The van der Waals surface area contributed by atoms with Crippen LogP contribution in [0.15, 0.2) is 36.4 Å². The summed E-state index contributed by atoms with van der Waals surface area (Å²) in [6.07, 6.45) is 0. The molecule has 0 atom stereocenters. The summed E-state index contributed by atoms with van der Waals surface area (Å²) in [4.78, 5) is 11.9. The molecule has 78 valence electrons. The number of aromatic hydroxyl groups is 1. The maximum Gasteiger partial charge on any atom is 0.197 e. The maximum absolute atomic E-state index is 12.9. The Bertz CT molecular complexity index is 704. The number of phenolic OH excluding ortho intramolecular Hbond substituents is 1. The lowest BCUT2D eigenvalue weighted by atomic mass is 9.91. The van der Waals surface area contributed by atoms with Gasteiger partial charge in [-0.25, -0.2) is 4.39 Å². The molecule has 3 rings (SSSR count). The first-order valence-electron chi connectivity index (χ1n) is 4.85. The monoisotopic (exact) mass is 214 g/mol. The molecule has 2 nitrogen and oxygen atoms in total. The van der Waals surface area contributed by atoms with Crippen molar-refractivity contribution in [2.45, 2.75) is 0 Å². The van der Waals surface area contributed by atoms with Crippen LogP contribution in [0.5, 0.6) is 5.75 Å². The summed E-state index contributed by atoms with van der Waals surface area (Å²) in [7, 11) is 0. The fourth-order valence-electron chi connectivity index (χ4n) is 1.88. The summed E-state index contributed by atoms with van der Waals surface area (Å²) >= 11 is 0. The summed E-state index contributed by atoms with van der Waals surface area (Å²) in [5.41, 5.74) is 0.552. The minimum absolute atomic E-state index is 0.0201. The number of ketones is 1. The lowest BCUT2D eigenvalue weighted by molar-refractivity contribution is 0.103. The van der Waals surface area contributed by atoms with E-state index < -0.39 is 5.82 Å². The molecule has 0 aliphatic heterocycles. The number of carbonyl (C=O) groups excluding carboxylic acids is 1. The summed E-state index contributed by atoms with van der Waals surface area (Å²) < 4.78 is 12.9. The van der Waals surface area contributed by atoms with Crippen LogP contribution < -0.4 is 0 Å². The van der Waals surface area contributed by atoms with Crippen molar-refractivity contribution < 1.29 is 14.3 Å². The second kappa shape index (κ2) is 2.92. The van der Waals surface area contributed by atoms with Gasteiger partial charge in [0.25, 0.3) is 0 Å². The van der Waals surface area contributed by atoms with Gasteiger partial charge in [-0.1, -0.05) is 18.2 Å².